The van der Waals surface area contributed by atoms with Gasteiger partial charge in [-0.15, -0.1) is 17.8 Å². The van der Waals surface area contributed by atoms with Crippen LogP contribution in [0.3, 0.4) is 0 Å². The number of allylic oxidation sites excluding steroid dienone is 8. The Kier molecular flexibility index (Phi) is 19.4. The molecule has 26 heavy (non-hydrogen) atoms. The van der Waals surface area contributed by atoms with E-state index in [-0.39, 0.29) is 0 Å². The smallest absolute Gasteiger partial charge is 0.00251 e. The minimum absolute atomic E-state index is 0.629. The van der Waals surface area contributed by atoms with Crippen molar-refractivity contribution < 1.29 is 0 Å². The molecule has 0 saturated carbocycles. The van der Waals surface area contributed by atoms with Gasteiger partial charge in [-0.3, -0.25) is 0 Å². The lowest BCUT2D eigenvalue weighted by atomic mass is 10.1. The highest BCUT2D eigenvalue weighted by atomic mass is 31.1. The third-order valence-electron chi connectivity index (χ3n) is 4.60. The number of hydrogen-bond acceptors (Lipinski definition) is 0. The van der Waals surface area contributed by atoms with Crippen LogP contribution in [0, 0.1) is 0 Å². The second-order valence-corrected chi connectivity index (χ2v) is 9.44. The van der Waals surface area contributed by atoms with Crippen LogP contribution in [0.15, 0.2) is 48.1 Å². The summed E-state index contributed by atoms with van der Waals surface area (Å²) in [5.41, 5.74) is 2.88. The molecule has 0 N–H and O–H groups in total. The third-order valence-corrected chi connectivity index (χ3v) is 6.32. The highest BCUT2D eigenvalue weighted by Crippen LogP contribution is 2.20. The summed E-state index contributed by atoms with van der Waals surface area (Å²) in [6, 6.07) is 0. The molecule has 0 fully saturated rings. The van der Waals surface area contributed by atoms with Gasteiger partial charge in [0.1, 0.15) is 0 Å². The fraction of sp³-hybridized carbons (Fsp3) is 0.667. The summed E-state index contributed by atoms with van der Waals surface area (Å²) in [4.78, 5) is 0. The first-order chi connectivity index (χ1) is 12.6. The molecule has 0 aromatic carbocycles. The van der Waals surface area contributed by atoms with Crippen molar-refractivity contribution in [2.24, 2.45) is 0 Å². The summed E-state index contributed by atoms with van der Waals surface area (Å²) >= 11 is 0. The van der Waals surface area contributed by atoms with Gasteiger partial charge in [0.2, 0.25) is 0 Å². The van der Waals surface area contributed by atoms with Crippen LogP contribution >= 0.6 is 17.8 Å². The van der Waals surface area contributed by atoms with Crippen LogP contribution in [-0.4, -0.2) is 18.0 Å². The van der Waals surface area contributed by atoms with Gasteiger partial charge < -0.3 is 0 Å². The topological polar surface area (TPSA) is 0 Å². The third kappa shape index (κ3) is 17.2. The maximum Gasteiger partial charge on any atom is -0.00251 e. The van der Waals surface area contributed by atoms with E-state index in [0.29, 0.717) is 11.3 Å². The molecule has 0 aliphatic carbocycles. The molecule has 0 aliphatic heterocycles. The molecule has 0 nitrogen and oxygen atoms in total. The van der Waals surface area contributed by atoms with Crippen molar-refractivity contribution in [1.29, 1.82) is 0 Å². The van der Waals surface area contributed by atoms with Crippen LogP contribution < -0.4 is 0 Å². The van der Waals surface area contributed by atoms with E-state index in [1.54, 1.807) is 5.57 Å². The number of unbranched alkanes of at least 4 members (excludes halogenated alkanes) is 4. The van der Waals surface area contributed by atoms with Crippen molar-refractivity contribution in [2.75, 3.05) is 6.66 Å². The van der Waals surface area contributed by atoms with Gasteiger partial charge in [-0.05, 0) is 57.0 Å². The van der Waals surface area contributed by atoms with Gasteiger partial charge in [0.15, 0.2) is 0 Å². The van der Waals surface area contributed by atoms with E-state index in [1.165, 1.54) is 64.2 Å². The Morgan fingerprint density at radius 3 is 2.46 bits per heavy atom. The van der Waals surface area contributed by atoms with Crippen LogP contribution in [0.4, 0.5) is 0 Å². The largest absolute Gasteiger partial charge is 0.130 e. The summed E-state index contributed by atoms with van der Waals surface area (Å²) in [7, 11) is 3.95. The van der Waals surface area contributed by atoms with Crippen molar-refractivity contribution in [1.82, 2.24) is 0 Å². The van der Waals surface area contributed by atoms with E-state index >= 15 is 0 Å². The second kappa shape index (κ2) is 19.6. The molecule has 0 bridgehead atoms. The van der Waals surface area contributed by atoms with Gasteiger partial charge in [-0.25, -0.2) is 0 Å². The second-order valence-electron chi connectivity index (χ2n) is 7.26. The van der Waals surface area contributed by atoms with E-state index in [9.17, 15) is 0 Å². The quantitative estimate of drug-likeness (QED) is 0.107. The first kappa shape index (κ1) is 25.8. The summed E-state index contributed by atoms with van der Waals surface area (Å²) in [5.74, 6) is 0. The van der Waals surface area contributed by atoms with Crippen LogP contribution in [-0.2, 0) is 0 Å². The number of hydrogen-bond donors (Lipinski definition) is 0. The molecule has 0 spiro atoms. The summed E-state index contributed by atoms with van der Waals surface area (Å²) in [6.07, 6.45) is 29.1. The van der Waals surface area contributed by atoms with Crippen molar-refractivity contribution in [3.8, 4) is 0 Å². The Hall–Kier alpha value is -0.180. The van der Waals surface area contributed by atoms with Gasteiger partial charge in [0.25, 0.3) is 0 Å². The molecule has 0 amide bonds. The van der Waals surface area contributed by atoms with Crippen molar-refractivity contribution in [3.63, 3.8) is 0 Å². The fourth-order valence-electron chi connectivity index (χ4n) is 2.89. The van der Waals surface area contributed by atoms with E-state index in [0.717, 1.165) is 8.58 Å². The molecule has 0 aromatic rings. The Labute approximate surface area is 169 Å². The Morgan fingerprint density at radius 2 is 1.77 bits per heavy atom. The average Bonchev–Trinajstić information content (AvgIpc) is 2.63. The van der Waals surface area contributed by atoms with Crippen LogP contribution in [0.1, 0.15) is 85.0 Å². The van der Waals surface area contributed by atoms with Gasteiger partial charge in [-0.1, -0.05) is 94.1 Å². The number of rotatable bonds is 16. The maximum absolute atomic E-state index is 2.97. The van der Waals surface area contributed by atoms with E-state index in [1.807, 2.05) is 0 Å². The molecule has 2 heteroatoms. The normalized spacial score (nSPS) is 16.0. The highest BCUT2D eigenvalue weighted by Gasteiger charge is 1.98. The molecular formula is C24H44P2. The molecule has 0 aromatic heterocycles. The van der Waals surface area contributed by atoms with Gasteiger partial charge >= 0.3 is 0 Å². The van der Waals surface area contributed by atoms with Gasteiger partial charge in [0, 0.05) is 0 Å². The zero-order valence-electron chi connectivity index (χ0n) is 17.8. The Bertz CT molecular complexity index is 418. The predicted molar refractivity (Wildman–Crippen MR) is 130 cm³/mol. The van der Waals surface area contributed by atoms with E-state index in [2.05, 4.69) is 79.2 Å². The first-order valence-electron chi connectivity index (χ1n) is 10.7. The average molecular weight is 395 g/mol. The summed E-state index contributed by atoms with van der Waals surface area (Å²) in [6.45, 7) is 9.10. The SMILES string of the molecule is CCCCCCC(P)/C=C/C=C\CC(/C=C/CC/C=C(/C)CCC)PC. The minimum atomic E-state index is 0.629. The molecule has 150 valence electrons. The lowest BCUT2D eigenvalue weighted by Gasteiger charge is -2.06. The monoisotopic (exact) mass is 394 g/mol. The lowest BCUT2D eigenvalue weighted by molar-refractivity contribution is 0.642. The van der Waals surface area contributed by atoms with Crippen molar-refractivity contribution in [3.05, 3.63) is 48.1 Å². The summed E-state index contributed by atoms with van der Waals surface area (Å²) < 4.78 is 0. The van der Waals surface area contributed by atoms with Gasteiger partial charge in [-0.2, -0.15) is 0 Å². The molecule has 0 aliphatic rings. The Balaban J connectivity index is 3.97. The molecule has 0 heterocycles. The molecule has 4 unspecified atom stereocenters. The molecule has 0 rings (SSSR count). The van der Waals surface area contributed by atoms with E-state index < -0.39 is 0 Å². The maximum atomic E-state index is 2.97. The van der Waals surface area contributed by atoms with E-state index in [4.69, 9.17) is 0 Å². The molecule has 0 saturated heterocycles. The zero-order valence-corrected chi connectivity index (χ0v) is 20.0. The molecular weight excluding hydrogens is 350 g/mol. The zero-order chi connectivity index (χ0) is 19.5. The van der Waals surface area contributed by atoms with Crippen LogP contribution in [0.25, 0.3) is 0 Å². The van der Waals surface area contributed by atoms with Crippen molar-refractivity contribution in [2.45, 2.75) is 96.3 Å². The van der Waals surface area contributed by atoms with Crippen LogP contribution in [0.2, 0.25) is 0 Å². The fourth-order valence-corrected chi connectivity index (χ4v) is 3.95. The molecule has 0 radical (unpaired) electrons. The Morgan fingerprint density at radius 1 is 0.962 bits per heavy atom. The van der Waals surface area contributed by atoms with Crippen LogP contribution in [0.5, 0.6) is 0 Å². The highest BCUT2D eigenvalue weighted by molar-refractivity contribution is 7.38. The predicted octanol–water partition coefficient (Wildman–Crippen LogP) is 8.46. The summed E-state index contributed by atoms with van der Waals surface area (Å²) in [5, 5.41) is 0. The van der Waals surface area contributed by atoms with Crippen molar-refractivity contribution >= 4 is 17.8 Å². The van der Waals surface area contributed by atoms with Gasteiger partial charge in [0.05, 0.1) is 0 Å². The molecule has 4 atom stereocenters. The standard InChI is InChI=1S/C24H44P2/c1-5-7-8-12-18-23(25)19-13-10-15-21-24(26-4)20-14-9-11-17-22(3)16-6-2/h10,13-15,17,19-20,23-24,26H,5-9,11-12,16,18,21,25H2,1-4H3/b15-10-,19-13+,20-14+,22-17-. The lowest BCUT2D eigenvalue weighted by Crippen LogP contribution is -1.93. The minimum Gasteiger partial charge on any atom is -0.130 e. The first-order valence-corrected chi connectivity index (χ1v) is 13.0.